The van der Waals surface area contributed by atoms with E-state index in [4.69, 9.17) is 11.6 Å². The van der Waals surface area contributed by atoms with Crippen LogP contribution in [-0.2, 0) is 15.7 Å². The molecule has 0 heterocycles. The Labute approximate surface area is 106 Å². The molecule has 0 aliphatic rings. The summed E-state index contributed by atoms with van der Waals surface area (Å²) in [5, 5.41) is 0. The Kier molecular flexibility index (Phi) is 4.77. The van der Waals surface area contributed by atoms with Crippen LogP contribution in [0, 0.1) is 5.82 Å². The van der Waals surface area contributed by atoms with E-state index in [1.807, 2.05) is 0 Å². The maximum Gasteiger partial charge on any atom is 0.149 e. The molecule has 3 nitrogen and oxygen atoms in total. The molecule has 0 saturated carbocycles. The lowest BCUT2D eigenvalue weighted by Crippen LogP contribution is -2.25. The van der Waals surface area contributed by atoms with E-state index in [0.29, 0.717) is 17.8 Å². The molecule has 0 fully saturated rings. The Morgan fingerprint density at radius 3 is 2.53 bits per heavy atom. The Hall–Kier alpha value is -0.810. The largest absolute Gasteiger partial charge is 0.373 e. The Bertz CT molecular complexity index is 490. The van der Waals surface area contributed by atoms with E-state index in [0.717, 1.165) is 0 Å². The number of nitrogens with zero attached hydrogens (tertiary/aromatic N) is 1. The molecule has 1 rings (SSSR count). The zero-order valence-corrected chi connectivity index (χ0v) is 11.4. The highest BCUT2D eigenvalue weighted by molar-refractivity contribution is 7.90. The first-order valence-electron chi connectivity index (χ1n) is 5.06. The third-order valence-corrected chi connectivity index (χ3v) is 3.57. The molecular formula is C11H15ClFNO2S. The van der Waals surface area contributed by atoms with Crippen LogP contribution in [0.3, 0.4) is 0 Å². The zero-order valence-electron chi connectivity index (χ0n) is 9.78. The van der Waals surface area contributed by atoms with Crippen molar-refractivity contribution in [3.8, 4) is 0 Å². The van der Waals surface area contributed by atoms with Crippen molar-refractivity contribution in [1.29, 1.82) is 0 Å². The summed E-state index contributed by atoms with van der Waals surface area (Å²) in [6, 6.07) is 4.47. The monoisotopic (exact) mass is 279 g/mol. The van der Waals surface area contributed by atoms with Crippen LogP contribution in [0.5, 0.6) is 0 Å². The Morgan fingerprint density at radius 2 is 2.00 bits per heavy atom. The molecule has 96 valence electrons. The van der Waals surface area contributed by atoms with Crippen molar-refractivity contribution in [2.24, 2.45) is 0 Å². The van der Waals surface area contributed by atoms with Gasteiger partial charge in [-0.25, -0.2) is 12.8 Å². The maximum absolute atomic E-state index is 13.2. The number of halogens is 2. The second-order valence-electron chi connectivity index (χ2n) is 4.00. The van der Waals surface area contributed by atoms with E-state index >= 15 is 0 Å². The Morgan fingerprint density at radius 1 is 1.35 bits per heavy atom. The predicted molar refractivity (Wildman–Crippen MR) is 68.9 cm³/mol. The third-order valence-electron chi connectivity index (χ3n) is 2.33. The van der Waals surface area contributed by atoms with Crippen molar-refractivity contribution in [2.75, 3.05) is 30.5 Å². The molecule has 1 aromatic carbocycles. The number of alkyl halides is 1. The molecular weight excluding hydrogens is 265 g/mol. The molecule has 17 heavy (non-hydrogen) atoms. The average molecular weight is 280 g/mol. The summed E-state index contributed by atoms with van der Waals surface area (Å²) in [4.78, 5) is 1.69. The van der Waals surface area contributed by atoms with Crippen molar-refractivity contribution in [3.63, 3.8) is 0 Å². The van der Waals surface area contributed by atoms with Crippen molar-refractivity contribution >= 4 is 27.1 Å². The number of hydrogen-bond acceptors (Lipinski definition) is 3. The van der Waals surface area contributed by atoms with Gasteiger partial charge < -0.3 is 4.90 Å². The molecule has 0 saturated heterocycles. The van der Waals surface area contributed by atoms with Crippen LogP contribution in [0.2, 0.25) is 0 Å². The molecule has 1 aromatic rings. The van der Waals surface area contributed by atoms with Crippen LogP contribution in [0.15, 0.2) is 18.2 Å². The van der Waals surface area contributed by atoms with Crippen LogP contribution in [0.25, 0.3) is 0 Å². The molecule has 0 radical (unpaired) electrons. The van der Waals surface area contributed by atoms with Crippen molar-refractivity contribution in [3.05, 3.63) is 29.6 Å². The summed E-state index contributed by atoms with van der Waals surface area (Å²) >= 11 is 5.64. The molecule has 0 aliphatic carbocycles. The van der Waals surface area contributed by atoms with E-state index in [1.54, 1.807) is 18.0 Å². The SMILES string of the molecule is CN(CCS(C)(=O)=O)c1cc(F)cc(CCl)c1. The van der Waals surface area contributed by atoms with E-state index in [1.165, 1.54) is 18.4 Å². The number of rotatable bonds is 5. The van der Waals surface area contributed by atoms with Gasteiger partial charge in [0.1, 0.15) is 15.7 Å². The normalized spacial score (nSPS) is 11.5. The molecule has 0 N–H and O–H groups in total. The lowest BCUT2D eigenvalue weighted by molar-refractivity contribution is 0.601. The lowest BCUT2D eigenvalue weighted by Gasteiger charge is -2.19. The fourth-order valence-electron chi connectivity index (χ4n) is 1.36. The molecule has 0 bridgehead atoms. The highest BCUT2D eigenvalue weighted by Crippen LogP contribution is 2.18. The maximum atomic E-state index is 13.2. The molecule has 6 heteroatoms. The first-order chi connectivity index (χ1) is 7.81. The van der Waals surface area contributed by atoms with Gasteiger partial charge in [0.15, 0.2) is 0 Å². The fraction of sp³-hybridized carbons (Fsp3) is 0.455. The summed E-state index contributed by atoms with van der Waals surface area (Å²) in [6.45, 7) is 0.323. The quantitative estimate of drug-likeness (QED) is 0.774. The first kappa shape index (κ1) is 14.3. The summed E-state index contributed by atoms with van der Waals surface area (Å²) in [7, 11) is -1.29. The highest BCUT2D eigenvalue weighted by Gasteiger charge is 2.08. The minimum absolute atomic E-state index is 0.0379. The first-order valence-corrected chi connectivity index (χ1v) is 7.65. The van der Waals surface area contributed by atoms with E-state index in [9.17, 15) is 12.8 Å². The van der Waals surface area contributed by atoms with Crippen molar-refractivity contribution in [2.45, 2.75) is 5.88 Å². The minimum atomic E-state index is -3.01. The number of hydrogen-bond donors (Lipinski definition) is 0. The van der Waals surface area contributed by atoms with Crippen molar-refractivity contribution < 1.29 is 12.8 Å². The highest BCUT2D eigenvalue weighted by atomic mass is 35.5. The fourth-order valence-corrected chi connectivity index (χ4v) is 2.12. The van der Waals surface area contributed by atoms with Crippen LogP contribution in [0.4, 0.5) is 10.1 Å². The third kappa shape index (κ3) is 4.91. The summed E-state index contributed by atoms with van der Waals surface area (Å²) < 4.78 is 35.3. The van der Waals surface area contributed by atoms with Gasteiger partial charge in [-0.15, -0.1) is 11.6 Å². The van der Waals surface area contributed by atoms with Gasteiger partial charge in [0.05, 0.1) is 5.75 Å². The Balaban J connectivity index is 2.81. The van der Waals surface area contributed by atoms with Gasteiger partial charge in [-0.2, -0.15) is 0 Å². The van der Waals surface area contributed by atoms with Gasteiger partial charge in [0, 0.05) is 31.4 Å². The number of sulfone groups is 1. The zero-order chi connectivity index (χ0) is 13.1. The molecule has 0 spiro atoms. The van der Waals surface area contributed by atoms with Gasteiger partial charge >= 0.3 is 0 Å². The van der Waals surface area contributed by atoms with Crippen LogP contribution in [-0.4, -0.2) is 34.0 Å². The van der Waals surface area contributed by atoms with Crippen LogP contribution >= 0.6 is 11.6 Å². The summed E-state index contributed by atoms with van der Waals surface area (Å²) in [5.74, 6) is -0.106. The predicted octanol–water partition coefficient (Wildman–Crippen LogP) is 2.05. The van der Waals surface area contributed by atoms with Crippen molar-refractivity contribution in [1.82, 2.24) is 0 Å². The smallest absolute Gasteiger partial charge is 0.149 e. The molecule has 0 amide bonds. The van der Waals surface area contributed by atoms with Gasteiger partial charge in [-0.05, 0) is 23.8 Å². The van der Waals surface area contributed by atoms with Crippen LogP contribution < -0.4 is 4.90 Å². The molecule has 0 aliphatic heterocycles. The minimum Gasteiger partial charge on any atom is -0.373 e. The summed E-state index contributed by atoms with van der Waals surface area (Å²) in [5.41, 5.74) is 1.30. The van der Waals surface area contributed by atoms with E-state index in [2.05, 4.69) is 0 Å². The molecule has 0 aromatic heterocycles. The van der Waals surface area contributed by atoms with E-state index < -0.39 is 9.84 Å². The van der Waals surface area contributed by atoms with Gasteiger partial charge in [0.25, 0.3) is 0 Å². The van der Waals surface area contributed by atoms with E-state index in [-0.39, 0.29) is 17.5 Å². The second kappa shape index (κ2) is 5.69. The van der Waals surface area contributed by atoms with Crippen LogP contribution in [0.1, 0.15) is 5.56 Å². The standard InChI is InChI=1S/C11H15ClFNO2S/c1-14(3-4-17(2,15)16)11-6-9(8-12)5-10(13)7-11/h5-7H,3-4,8H2,1-2H3. The number of anilines is 1. The average Bonchev–Trinajstić information content (AvgIpc) is 2.23. The van der Waals surface area contributed by atoms with Gasteiger partial charge in [-0.1, -0.05) is 0 Å². The topological polar surface area (TPSA) is 37.4 Å². The van der Waals surface area contributed by atoms with Gasteiger partial charge in [-0.3, -0.25) is 0 Å². The second-order valence-corrected chi connectivity index (χ2v) is 6.53. The molecule has 0 unspecified atom stereocenters. The summed E-state index contributed by atoms with van der Waals surface area (Å²) in [6.07, 6.45) is 1.18. The lowest BCUT2D eigenvalue weighted by atomic mass is 10.2. The van der Waals surface area contributed by atoms with Gasteiger partial charge in [0.2, 0.25) is 0 Å². The number of benzene rings is 1. The molecule has 0 atom stereocenters.